The molecule has 1 heterocycles. The monoisotopic (exact) mass is 205 g/mol. The Kier molecular flexibility index (Phi) is 2.96. The van der Waals surface area contributed by atoms with Crippen LogP contribution in [0, 0.1) is 5.41 Å². The molecule has 0 atom stereocenters. The summed E-state index contributed by atoms with van der Waals surface area (Å²) in [5.41, 5.74) is 2.94. The van der Waals surface area contributed by atoms with Crippen molar-refractivity contribution in [2.75, 3.05) is 25.1 Å². The normalized spacial score (nSPS) is 18.3. The van der Waals surface area contributed by atoms with E-state index in [4.69, 9.17) is 4.74 Å². The fraction of sp³-hybridized carbons (Fsp3) is 0.538. The number of hydrogen-bond donors (Lipinski definition) is 1. The summed E-state index contributed by atoms with van der Waals surface area (Å²) in [5.74, 6) is 0. The summed E-state index contributed by atoms with van der Waals surface area (Å²) in [6.07, 6.45) is 1.09. The summed E-state index contributed by atoms with van der Waals surface area (Å²) in [4.78, 5) is 0. The summed E-state index contributed by atoms with van der Waals surface area (Å²) in [7, 11) is 0. The quantitative estimate of drug-likeness (QED) is 0.816. The molecule has 0 spiro atoms. The van der Waals surface area contributed by atoms with Crippen molar-refractivity contribution in [1.29, 1.82) is 0 Å². The molecule has 0 bridgehead atoms. The first kappa shape index (κ1) is 10.5. The van der Waals surface area contributed by atoms with Gasteiger partial charge in [-0.05, 0) is 24.1 Å². The maximum atomic E-state index is 5.23. The molecule has 2 rings (SSSR count). The average Bonchev–Trinajstić information content (AvgIpc) is 2.24. The predicted molar refractivity (Wildman–Crippen MR) is 63.2 cm³/mol. The van der Waals surface area contributed by atoms with Crippen molar-refractivity contribution in [1.82, 2.24) is 0 Å². The minimum Gasteiger partial charge on any atom is -0.384 e. The minimum absolute atomic E-state index is 0.336. The van der Waals surface area contributed by atoms with Gasteiger partial charge in [-0.2, -0.15) is 0 Å². The van der Waals surface area contributed by atoms with Gasteiger partial charge in [-0.3, -0.25) is 0 Å². The van der Waals surface area contributed by atoms with E-state index in [0.717, 1.165) is 26.2 Å². The molecule has 2 heteroatoms. The van der Waals surface area contributed by atoms with E-state index in [2.05, 4.69) is 43.4 Å². The number of hydrogen-bond acceptors (Lipinski definition) is 2. The van der Waals surface area contributed by atoms with Gasteiger partial charge in [0.2, 0.25) is 0 Å². The molecule has 0 aromatic heterocycles. The molecule has 0 aliphatic carbocycles. The molecule has 1 aromatic rings. The number of rotatable bonds is 4. The van der Waals surface area contributed by atoms with Gasteiger partial charge in [0, 0.05) is 17.6 Å². The molecule has 1 saturated heterocycles. The molecule has 1 aliphatic heterocycles. The van der Waals surface area contributed by atoms with Crippen molar-refractivity contribution < 1.29 is 4.74 Å². The number of ether oxygens (including phenoxy) is 1. The maximum Gasteiger partial charge on any atom is 0.0559 e. The Morgan fingerprint density at radius 2 is 2.20 bits per heavy atom. The van der Waals surface area contributed by atoms with E-state index in [9.17, 15) is 0 Å². The van der Waals surface area contributed by atoms with E-state index in [0.29, 0.717) is 5.41 Å². The van der Waals surface area contributed by atoms with Gasteiger partial charge < -0.3 is 10.1 Å². The molecule has 0 saturated carbocycles. The van der Waals surface area contributed by atoms with Crippen LogP contribution >= 0.6 is 0 Å². The lowest BCUT2D eigenvalue weighted by molar-refractivity contribution is -0.0924. The molecule has 0 radical (unpaired) electrons. The minimum atomic E-state index is 0.336. The van der Waals surface area contributed by atoms with Crippen molar-refractivity contribution in [3.63, 3.8) is 0 Å². The summed E-state index contributed by atoms with van der Waals surface area (Å²) < 4.78 is 5.23. The van der Waals surface area contributed by atoms with Crippen LogP contribution in [0.5, 0.6) is 0 Å². The molecule has 1 aliphatic rings. The number of anilines is 1. The van der Waals surface area contributed by atoms with Crippen LogP contribution in [0.3, 0.4) is 0 Å². The third-order valence-corrected chi connectivity index (χ3v) is 2.96. The van der Waals surface area contributed by atoms with Crippen LogP contribution < -0.4 is 5.32 Å². The number of nitrogens with one attached hydrogen (secondary N) is 1. The summed E-state index contributed by atoms with van der Waals surface area (Å²) >= 11 is 0. The topological polar surface area (TPSA) is 21.3 Å². The Morgan fingerprint density at radius 1 is 1.40 bits per heavy atom. The lowest BCUT2D eigenvalue weighted by atomic mass is 9.88. The first-order valence-electron chi connectivity index (χ1n) is 5.62. The van der Waals surface area contributed by atoms with Crippen molar-refractivity contribution in [3.05, 3.63) is 29.8 Å². The van der Waals surface area contributed by atoms with Crippen molar-refractivity contribution in [2.45, 2.75) is 20.3 Å². The lowest BCUT2D eigenvalue weighted by Crippen LogP contribution is -2.45. The summed E-state index contributed by atoms with van der Waals surface area (Å²) in [6, 6.07) is 8.63. The van der Waals surface area contributed by atoms with Crippen molar-refractivity contribution in [3.8, 4) is 0 Å². The first-order chi connectivity index (χ1) is 7.22. The fourth-order valence-corrected chi connectivity index (χ4v) is 1.77. The zero-order valence-electron chi connectivity index (χ0n) is 9.55. The van der Waals surface area contributed by atoms with Crippen LogP contribution in [0.15, 0.2) is 24.3 Å². The molecular formula is C13H19NO. The lowest BCUT2D eigenvalue weighted by Gasteiger charge is -2.38. The fourth-order valence-electron chi connectivity index (χ4n) is 1.77. The van der Waals surface area contributed by atoms with Crippen LogP contribution in [-0.2, 0) is 11.2 Å². The molecule has 2 nitrogen and oxygen atoms in total. The summed E-state index contributed by atoms with van der Waals surface area (Å²) in [5, 5.41) is 3.48. The predicted octanol–water partition coefficient (Wildman–Crippen LogP) is 2.70. The number of aryl methyl sites for hydroxylation is 1. The molecule has 1 fully saturated rings. The largest absolute Gasteiger partial charge is 0.384 e. The molecular weight excluding hydrogens is 186 g/mol. The zero-order valence-corrected chi connectivity index (χ0v) is 9.55. The van der Waals surface area contributed by atoms with Crippen LogP contribution in [0.2, 0.25) is 0 Å². The second kappa shape index (κ2) is 4.23. The second-order valence-electron chi connectivity index (χ2n) is 4.71. The van der Waals surface area contributed by atoms with Gasteiger partial charge in [0.25, 0.3) is 0 Å². The van der Waals surface area contributed by atoms with Gasteiger partial charge >= 0.3 is 0 Å². The number of benzene rings is 1. The Balaban J connectivity index is 1.92. The highest BCUT2D eigenvalue weighted by molar-refractivity contribution is 5.46. The highest BCUT2D eigenvalue weighted by atomic mass is 16.5. The zero-order chi connectivity index (χ0) is 10.7. The third-order valence-electron chi connectivity index (χ3n) is 2.96. The second-order valence-corrected chi connectivity index (χ2v) is 4.71. The molecule has 1 aromatic carbocycles. The molecule has 15 heavy (non-hydrogen) atoms. The van der Waals surface area contributed by atoms with E-state index in [1.165, 1.54) is 11.3 Å². The van der Waals surface area contributed by atoms with E-state index < -0.39 is 0 Å². The van der Waals surface area contributed by atoms with Crippen molar-refractivity contribution in [2.24, 2.45) is 5.41 Å². The molecule has 82 valence electrons. The van der Waals surface area contributed by atoms with Gasteiger partial charge in [0.05, 0.1) is 13.2 Å². The van der Waals surface area contributed by atoms with Gasteiger partial charge in [0.15, 0.2) is 0 Å². The first-order valence-corrected chi connectivity index (χ1v) is 5.62. The van der Waals surface area contributed by atoms with Crippen LogP contribution in [-0.4, -0.2) is 19.8 Å². The van der Waals surface area contributed by atoms with Crippen LogP contribution in [0.4, 0.5) is 5.69 Å². The van der Waals surface area contributed by atoms with E-state index >= 15 is 0 Å². The molecule has 1 N–H and O–H groups in total. The van der Waals surface area contributed by atoms with Gasteiger partial charge in [-0.25, -0.2) is 0 Å². The van der Waals surface area contributed by atoms with Crippen LogP contribution in [0.25, 0.3) is 0 Å². The summed E-state index contributed by atoms with van der Waals surface area (Å²) in [6.45, 7) is 7.20. The molecule has 0 amide bonds. The SMILES string of the molecule is CCc1cccc(NCC2(C)COC2)c1. The molecule has 0 unspecified atom stereocenters. The smallest absolute Gasteiger partial charge is 0.0559 e. The maximum absolute atomic E-state index is 5.23. The highest BCUT2D eigenvalue weighted by Crippen LogP contribution is 2.26. The van der Waals surface area contributed by atoms with Crippen LogP contribution in [0.1, 0.15) is 19.4 Å². The third kappa shape index (κ3) is 2.51. The average molecular weight is 205 g/mol. The van der Waals surface area contributed by atoms with Gasteiger partial charge in [-0.15, -0.1) is 0 Å². The van der Waals surface area contributed by atoms with E-state index in [1.807, 2.05) is 0 Å². The standard InChI is InChI=1S/C13H19NO/c1-3-11-5-4-6-12(7-11)14-8-13(2)9-15-10-13/h4-7,14H,3,8-10H2,1-2H3. The Bertz CT molecular complexity index is 331. The van der Waals surface area contributed by atoms with Gasteiger partial charge in [-0.1, -0.05) is 26.0 Å². The Morgan fingerprint density at radius 3 is 2.80 bits per heavy atom. The van der Waals surface area contributed by atoms with E-state index in [-0.39, 0.29) is 0 Å². The van der Waals surface area contributed by atoms with Gasteiger partial charge in [0.1, 0.15) is 0 Å². The Labute approximate surface area is 91.6 Å². The van der Waals surface area contributed by atoms with Crippen molar-refractivity contribution >= 4 is 5.69 Å². The highest BCUT2D eigenvalue weighted by Gasteiger charge is 2.32. The van der Waals surface area contributed by atoms with E-state index in [1.54, 1.807) is 0 Å². The Hall–Kier alpha value is -1.02.